The second-order valence-corrected chi connectivity index (χ2v) is 4.71. The molecule has 6 heteroatoms. The molecule has 1 aromatic carbocycles. The van der Waals surface area contributed by atoms with Gasteiger partial charge in [0, 0.05) is 18.0 Å². The molecule has 2 aromatic rings. The Bertz CT molecular complexity index is 561. The Labute approximate surface area is 113 Å². The molecule has 18 heavy (non-hydrogen) atoms. The van der Waals surface area contributed by atoms with E-state index < -0.39 is 0 Å². The van der Waals surface area contributed by atoms with Gasteiger partial charge in [-0.3, -0.25) is 9.48 Å². The van der Waals surface area contributed by atoms with E-state index in [1.165, 1.54) is 6.07 Å². The largest absolute Gasteiger partial charge is 0.508 e. The van der Waals surface area contributed by atoms with Crippen LogP contribution in [0.25, 0.3) is 0 Å². The van der Waals surface area contributed by atoms with Crippen LogP contribution in [0.1, 0.15) is 5.69 Å². The zero-order chi connectivity index (χ0) is 13.1. The first-order valence-electron chi connectivity index (χ1n) is 5.33. The Morgan fingerprint density at radius 1 is 1.56 bits per heavy atom. The fourth-order valence-electron chi connectivity index (χ4n) is 1.51. The molecule has 1 amide bonds. The van der Waals surface area contributed by atoms with Crippen LogP contribution in [0.4, 0.5) is 5.69 Å². The third-order valence-corrected chi connectivity index (χ3v) is 3.10. The molecule has 0 radical (unpaired) electrons. The highest BCUT2D eigenvalue weighted by Crippen LogP contribution is 2.16. The summed E-state index contributed by atoms with van der Waals surface area (Å²) in [6.45, 7) is 1.98. The molecule has 0 saturated heterocycles. The molecule has 0 atom stereocenters. The van der Waals surface area contributed by atoms with Crippen LogP contribution in [0.15, 0.2) is 34.9 Å². The number of rotatable bonds is 3. The van der Waals surface area contributed by atoms with Gasteiger partial charge in [-0.15, -0.1) is 0 Å². The third kappa shape index (κ3) is 3.10. The first kappa shape index (κ1) is 12.6. The Morgan fingerprint density at radius 2 is 2.33 bits per heavy atom. The van der Waals surface area contributed by atoms with E-state index in [1.54, 1.807) is 29.1 Å². The summed E-state index contributed by atoms with van der Waals surface area (Å²) in [5, 5.41) is 16.1. The predicted octanol–water partition coefficient (Wildman–Crippen LogP) is 2.30. The molecule has 1 heterocycles. The smallest absolute Gasteiger partial charge is 0.246 e. The van der Waals surface area contributed by atoms with Gasteiger partial charge in [0.1, 0.15) is 12.3 Å². The van der Waals surface area contributed by atoms with Crippen molar-refractivity contribution in [3.63, 3.8) is 0 Å². The lowest BCUT2D eigenvalue weighted by Gasteiger charge is -2.05. The third-order valence-electron chi connectivity index (χ3n) is 2.32. The van der Waals surface area contributed by atoms with Gasteiger partial charge in [0.2, 0.25) is 5.91 Å². The lowest BCUT2D eigenvalue weighted by atomic mass is 10.3. The summed E-state index contributed by atoms with van der Waals surface area (Å²) >= 11 is 3.33. The summed E-state index contributed by atoms with van der Waals surface area (Å²) in [7, 11) is 0. The van der Waals surface area contributed by atoms with E-state index in [1.807, 2.05) is 6.92 Å². The van der Waals surface area contributed by atoms with Crippen LogP contribution in [0.3, 0.4) is 0 Å². The van der Waals surface area contributed by atoms with Crippen molar-refractivity contribution in [1.29, 1.82) is 0 Å². The summed E-state index contributed by atoms with van der Waals surface area (Å²) in [6.07, 6.45) is 1.75. The number of hydrogen-bond acceptors (Lipinski definition) is 3. The van der Waals surface area contributed by atoms with Crippen LogP contribution in [0.5, 0.6) is 5.75 Å². The Kier molecular flexibility index (Phi) is 3.66. The number of nitrogens with one attached hydrogen (secondary N) is 1. The first-order valence-corrected chi connectivity index (χ1v) is 6.12. The minimum atomic E-state index is -0.199. The number of aryl methyl sites for hydroxylation is 1. The Hall–Kier alpha value is -1.82. The normalized spacial score (nSPS) is 10.3. The molecule has 0 aliphatic rings. The number of phenolic OH excluding ortho intramolecular Hbond substituents is 1. The molecule has 0 bridgehead atoms. The van der Waals surface area contributed by atoms with Gasteiger partial charge in [-0.05, 0) is 35.0 Å². The van der Waals surface area contributed by atoms with Gasteiger partial charge in [0.05, 0.1) is 10.2 Å². The van der Waals surface area contributed by atoms with Crippen molar-refractivity contribution < 1.29 is 9.90 Å². The van der Waals surface area contributed by atoms with Crippen LogP contribution in [-0.4, -0.2) is 20.8 Å². The maximum absolute atomic E-state index is 11.7. The zero-order valence-corrected chi connectivity index (χ0v) is 11.3. The molecule has 2 rings (SSSR count). The highest BCUT2D eigenvalue weighted by atomic mass is 79.9. The summed E-state index contributed by atoms with van der Waals surface area (Å²) < 4.78 is 2.42. The van der Waals surface area contributed by atoms with Crippen LogP contribution < -0.4 is 5.32 Å². The fraction of sp³-hybridized carbons (Fsp3) is 0.167. The molecular weight excluding hydrogens is 298 g/mol. The molecular formula is C12H12BrN3O2. The van der Waals surface area contributed by atoms with Gasteiger partial charge in [0.15, 0.2) is 0 Å². The quantitative estimate of drug-likeness (QED) is 0.914. The Balaban J connectivity index is 2.01. The first-order chi connectivity index (χ1) is 8.54. The van der Waals surface area contributed by atoms with Crippen molar-refractivity contribution >= 4 is 27.5 Å². The molecule has 0 unspecified atom stereocenters. The lowest BCUT2D eigenvalue weighted by Crippen LogP contribution is -2.19. The average Bonchev–Trinajstić information content (AvgIpc) is 2.57. The maximum atomic E-state index is 11.7. The van der Waals surface area contributed by atoms with E-state index in [0.29, 0.717) is 5.69 Å². The van der Waals surface area contributed by atoms with E-state index in [-0.39, 0.29) is 18.2 Å². The molecule has 0 fully saturated rings. The number of anilines is 1. The van der Waals surface area contributed by atoms with E-state index >= 15 is 0 Å². The number of hydrogen-bond donors (Lipinski definition) is 2. The van der Waals surface area contributed by atoms with Crippen LogP contribution >= 0.6 is 15.9 Å². The fourth-order valence-corrected chi connectivity index (χ4v) is 1.82. The van der Waals surface area contributed by atoms with Crippen LogP contribution in [-0.2, 0) is 11.3 Å². The number of nitrogens with zero attached hydrogens (tertiary/aromatic N) is 2. The molecule has 0 saturated carbocycles. The van der Waals surface area contributed by atoms with Crippen molar-refractivity contribution in [2.24, 2.45) is 0 Å². The minimum Gasteiger partial charge on any atom is -0.508 e. The molecule has 0 aliphatic heterocycles. The van der Waals surface area contributed by atoms with Crippen LogP contribution in [0.2, 0.25) is 0 Å². The lowest BCUT2D eigenvalue weighted by molar-refractivity contribution is -0.116. The molecule has 94 valence electrons. The van der Waals surface area contributed by atoms with E-state index in [2.05, 4.69) is 26.3 Å². The van der Waals surface area contributed by atoms with Crippen molar-refractivity contribution in [3.05, 3.63) is 40.6 Å². The molecule has 5 nitrogen and oxygen atoms in total. The molecule has 2 N–H and O–H groups in total. The van der Waals surface area contributed by atoms with Crippen molar-refractivity contribution in [2.45, 2.75) is 13.5 Å². The summed E-state index contributed by atoms with van der Waals surface area (Å²) in [6, 6.07) is 6.41. The second kappa shape index (κ2) is 5.22. The highest BCUT2D eigenvalue weighted by Gasteiger charge is 2.07. The number of carbonyl (C=O) groups excluding carboxylic acids is 1. The second-order valence-electron chi connectivity index (χ2n) is 3.86. The van der Waals surface area contributed by atoms with Crippen molar-refractivity contribution in [1.82, 2.24) is 9.78 Å². The van der Waals surface area contributed by atoms with E-state index in [4.69, 9.17) is 0 Å². The average molecular weight is 310 g/mol. The van der Waals surface area contributed by atoms with Crippen molar-refractivity contribution in [3.8, 4) is 5.75 Å². The topological polar surface area (TPSA) is 67.2 Å². The minimum absolute atomic E-state index is 0.116. The van der Waals surface area contributed by atoms with Gasteiger partial charge in [-0.1, -0.05) is 6.07 Å². The molecule has 0 spiro atoms. The van der Waals surface area contributed by atoms with Crippen molar-refractivity contribution in [2.75, 3.05) is 5.32 Å². The number of benzene rings is 1. The Morgan fingerprint density at radius 3 is 2.94 bits per heavy atom. The number of halogens is 1. The van der Waals surface area contributed by atoms with Gasteiger partial charge in [-0.25, -0.2) is 0 Å². The monoisotopic (exact) mass is 309 g/mol. The summed E-state index contributed by atoms with van der Waals surface area (Å²) in [4.78, 5) is 11.7. The number of carbonyl (C=O) groups is 1. The zero-order valence-electron chi connectivity index (χ0n) is 9.72. The predicted molar refractivity (Wildman–Crippen MR) is 71.4 cm³/mol. The number of amides is 1. The van der Waals surface area contributed by atoms with Gasteiger partial charge in [-0.2, -0.15) is 5.10 Å². The van der Waals surface area contributed by atoms with E-state index in [0.717, 1.165) is 10.2 Å². The molecule has 0 aliphatic carbocycles. The summed E-state index contributed by atoms with van der Waals surface area (Å²) in [5.41, 5.74) is 1.39. The molecule has 1 aromatic heterocycles. The van der Waals surface area contributed by atoms with Gasteiger partial charge >= 0.3 is 0 Å². The summed E-state index contributed by atoms with van der Waals surface area (Å²) in [5.74, 6) is -0.0823. The number of phenols is 1. The van der Waals surface area contributed by atoms with Crippen LogP contribution in [0, 0.1) is 6.92 Å². The maximum Gasteiger partial charge on any atom is 0.246 e. The SMILES string of the molecule is Cc1nn(CC(=O)Nc2cccc(O)c2)cc1Br. The standard InChI is InChI=1S/C12H12BrN3O2/c1-8-11(13)6-16(15-8)7-12(18)14-9-3-2-4-10(17)5-9/h2-6,17H,7H2,1H3,(H,14,18). The van der Waals surface area contributed by atoms with Gasteiger partial charge < -0.3 is 10.4 Å². The van der Waals surface area contributed by atoms with Gasteiger partial charge in [0.25, 0.3) is 0 Å². The van der Waals surface area contributed by atoms with E-state index in [9.17, 15) is 9.90 Å². The number of aromatic nitrogens is 2. The highest BCUT2D eigenvalue weighted by molar-refractivity contribution is 9.10. The number of aromatic hydroxyl groups is 1.